The molecule has 0 amide bonds. The number of hydrogen-bond donors (Lipinski definition) is 0. The summed E-state index contributed by atoms with van der Waals surface area (Å²) >= 11 is 8.85. The molecule has 0 bridgehead atoms. The van der Waals surface area contributed by atoms with Gasteiger partial charge in [0.15, 0.2) is 0 Å². The summed E-state index contributed by atoms with van der Waals surface area (Å²) in [5, 5.41) is 0. The van der Waals surface area contributed by atoms with Gasteiger partial charge in [-0.2, -0.15) is 4.31 Å². The van der Waals surface area contributed by atoms with Crippen LogP contribution in [-0.4, -0.2) is 39.0 Å². The van der Waals surface area contributed by atoms with E-state index in [1.165, 1.54) is 23.5 Å². The van der Waals surface area contributed by atoms with E-state index in [1.807, 2.05) is 0 Å². The van der Waals surface area contributed by atoms with Crippen LogP contribution in [0.1, 0.15) is 19.4 Å². The third-order valence-corrected chi connectivity index (χ3v) is 5.86. The maximum absolute atomic E-state index is 14.4. The van der Waals surface area contributed by atoms with Crippen LogP contribution in [0.15, 0.2) is 21.5 Å². The van der Waals surface area contributed by atoms with Gasteiger partial charge < -0.3 is 4.74 Å². The van der Waals surface area contributed by atoms with E-state index in [1.54, 1.807) is 13.8 Å². The molecular weight excluding hydrogens is 385 g/mol. The number of rotatable bonds is 7. The number of benzene rings is 1. The smallest absolute Gasteiger partial charge is 0.246 e. The molecular formula is C13H18BrClFNO3S. The van der Waals surface area contributed by atoms with E-state index in [9.17, 15) is 12.8 Å². The van der Waals surface area contributed by atoms with Crippen molar-refractivity contribution in [1.29, 1.82) is 0 Å². The van der Waals surface area contributed by atoms with E-state index in [2.05, 4.69) is 15.9 Å². The van der Waals surface area contributed by atoms with Gasteiger partial charge in [0.25, 0.3) is 0 Å². The predicted octanol–water partition coefficient (Wildman–Crippen LogP) is 3.37. The van der Waals surface area contributed by atoms with Gasteiger partial charge in [-0.15, -0.1) is 11.6 Å². The van der Waals surface area contributed by atoms with Gasteiger partial charge in [-0.1, -0.05) is 22.9 Å². The van der Waals surface area contributed by atoms with Crippen LogP contribution in [-0.2, 0) is 20.6 Å². The van der Waals surface area contributed by atoms with Gasteiger partial charge in [0.05, 0.1) is 12.5 Å². The third-order valence-electron chi connectivity index (χ3n) is 3.02. The van der Waals surface area contributed by atoms with Crippen LogP contribution < -0.4 is 0 Å². The molecule has 1 unspecified atom stereocenters. The van der Waals surface area contributed by atoms with Gasteiger partial charge in [0.1, 0.15) is 10.7 Å². The van der Waals surface area contributed by atoms with E-state index in [0.29, 0.717) is 4.47 Å². The summed E-state index contributed by atoms with van der Waals surface area (Å²) in [6.07, 6.45) is 0. The van der Waals surface area contributed by atoms with Crippen molar-refractivity contribution in [3.8, 4) is 0 Å². The molecule has 0 aliphatic heterocycles. The van der Waals surface area contributed by atoms with Crippen LogP contribution in [0, 0.1) is 5.82 Å². The van der Waals surface area contributed by atoms with E-state index in [-0.39, 0.29) is 29.5 Å². The SMILES string of the molecule is CCN(C(C)COC)S(=O)(=O)c1cc(Br)cc(CCl)c1F. The Kier molecular flexibility index (Phi) is 7.06. The summed E-state index contributed by atoms with van der Waals surface area (Å²) in [6, 6.07) is 2.32. The van der Waals surface area contributed by atoms with Crippen LogP contribution in [0.4, 0.5) is 4.39 Å². The molecule has 1 atom stereocenters. The van der Waals surface area contributed by atoms with E-state index >= 15 is 0 Å². The molecule has 1 aromatic carbocycles. The zero-order valence-electron chi connectivity index (χ0n) is 12.1. The normalized spacial score (nSPS) is 13.7. The number of hydrogen-bond acceptors (Lipinski definition) is 3. The highest BCUT2D eigenvalue weighted by molar-refractivity contribution is 9.10. The lowest BCUT2D eigenvalue weighted by atomic mass is 10.2. The number of nitrogens with zero attached hydrogens (tertiary/aromatic N) is 1. The molecule has 8 heteroatoms. The Morgan fingerprint density at radius 1 is 1.48 bits per heavy atom. The highest BCUT2D eigenvalue weighted by Gasteiger charge is 2.31. The van der Waals surface area contributed by atoms with Crippen LogP contribution in [0.2, 0.25) is 0 Å². The zero-order chi connectivity index (χ0) is 16.2. The largest absolute Gasteiger partial charge is 0.383 e. The molecule has 0 aliphatic rings. The summed E-state index contributed by atoms with van der Waals surface area (Å²) in [4.78, 5) is -0.377. The fraction of sp³-hybridized carbons (Fsp3) is 0.538. The second-order valence-electron chi connectivity index (χ2n) is 4.52. The maximum Gasteiger partial charge on any atom is 0.246 e. The van der Waals surface area contributed by atoms with Gasteiger partial charge in [-0.05, 0) is 19.1 Å². The number of alkyl halides is 1. The lowest BCUT2D eigenvalue weighted by Gasteiger charge is -2.27. The van der Waals surface area contributed by atoms with Gasteiger partial charge in [-0.25, -0.2) is 12.8 Å². The van der Waals surface area contributed by atoms with Gasteiger partial charge in [0.2, 0.25) is 10.0 Å². The lowest BCUT2D eigenvalue weighted by Crippen LogP contribution is -2.41. The topological polar surface area (TPSA) is 46.6 Å². The van der Waals surface area contributed by atoms with Crippen LogP contribution in [0.3, 0.4) is 0 Å². The highest BCUT2D eigenvalue weighted by atomic mass is 79.9. The fourth-order valence-corrected chi connectivity index (χ4v) is 4.68. The number of ether oxygens (including phenoxy) is 1. The molecule has 0 radical (unpaired) electrons. The zero-order valence-corrected chi connectivity index (χ0v) is 15.2. The number of halogens is 3. The standard InChI is InChI=1S/C13H18BrClFNO3S/c1-4-17(9(2)8-20-3)21(18,19)12-6-11(14)5-10(7-15)13(12)16/h5-6,9H,4,7-8H2,1-3H3. The first-order valence-corrected chi connectivity index (χ1v) is 9.11. The molecule has 0 aliphatic carbocycles. The van der Waals surface area contributed by atoms with E-state index in [0.717, 1.165) is 0 Å². The molecule has 0 fully saturated rings. The molecule has 4 nitrogen and oxygen atoms in total. The van der Waals surface area contributed by atoms with Crippen molar-refractivity contribution in [3.63, 3.8) is 0 Å². The Labute approximate surface area is 138 Å². The first-order chi connectivity index (χ1) is 9.79. The van der Waals surface area contributed by atoms with Gasteiger partial charge in [-0.3, -0.25) is 0 Å². The minimum atomic E-state index is -3.97. The third kappa shape index (κ3) is 4.16. The van der Waals surface area contributed by atoms with Gasteiger partial charge in [0, 0.05) is 29.7 Å². The van der Waals surface area contributed by atoms with Crippen LogP contribution in [0.5, 0.6) is 0 Å². The first kappa shape index (κ1) is 18.8. The highest BCUT2D eigenvalue weighted by Crippen LogP contribution is 2.28. The summed E-state index contributed by atoms with van der Waals surface area (Å²) in [5.74, 6) is -0.913. The molecule has 0 heterocycles. The average Bonchev–Trinajstić information content (AvgIpc) is 2.41. The summed E-state index contributed by atoms with van der Waals surface area (Å²) < 4.78 is 46.4. The summed E-state index contributed by atoms with van der Waals surface area (Å²) in [5.41, 5.74) is 0.139. The average molecular weight is 403 g/mol. The lowest BCUT2D eigenvalue weighted by molar-refractivity contribution is 0.142. The van der Waals surface area contributed by atoms with Gasteiger partial charge >= 0.3 is 0 Å². The molecule has 0 aromatic heterocycles. The second-order valence-corrected chi connectivity index (χ2v) is 7.57. The van der Waals surface area contributed by atoms with E-state index < -0.39 is 21.9 Å². The second kappa shape index (κ2) is 7.87. The fourth-order valence-electron chi connectivity index (χ4n) is 2.07. The summed E-state index contributed by atoms with van der Waals surface area (Å²) in [7, 11) is -2.48. The molecule has 120 valence electrons. The molecule has 1 aromatic rings. The molecule has 1 rings (SSSR count). The number of methoxy groups -OCH3 is 1. The van der Waals surface area contributed by atoms with Crippen molar-refractivity contribution in [1.82, 2.24) is 4.31 Å². The first-order valence-electron chi connectivity index (χ1n) is 6.34. The Morgan fingerprint density at radius 2 is 2.10 bits per heavy atom. The van der Waals surface area contributed by atoms with Crippen LogP contribution >= 0.6 is 27.5 Å². The van der Waals surface area contributed by atoms with Crippen molar-refractivity contribution in [2.75, 3.05) is 20.3 Å². The Hall–Kier alpha value is -0.210. The maximum atomic E-state index is 14.4. The Balaban J connectivity index is 3.39. The number of sulfonamides is 1. The molecule has 0 saturated heterocycles. The summed E-state index contributed by atoms with van der Waals surface area (Å²) in [6.45, 7) is 3.85. The van der Waals surface area contributed by atoms with Crippen molar-refractivity contribution >= 4 is 37.6 Å². The van der Waals surface area contributed by atoms with Crippen molar-refractivity contribution in [2.24, 2.45) is 0 Å². The van der Waals surface area contributed by atoms with Crippen molar-refractivity contribution in [2.45, 2.75) is 30.7 Å². The van der Waals surface area contributed by atoms with E-state index in [4.69, 9.17) is 16.3 Å². The monoisotopic (exact) mass is 401 g/mol. The van der Waals surface area contributed by atoms with Crippen LogP contribution in [0.25, 0.3) is 0 Å². The number of likely N-dealkylation sites (N-methyl/N-ethyl adjacent to an activating group) is 1. The minimum absolute atomic E-state index is 0.104. The minimum Gasteiger partial charge on any atom is -0.383 e. The molecule has 0 spiro atoms. The molecule has 0 N–H and O–H groups in total. The Bertz CT molecular complexity index is 597. The Morgan fingerprint density at radius 3 is 2.57 bits per heavy atom. The predicted molar refractivity (Wildman–Crippen MR) is 84.6 cm³/mol. The van der Waals surface area contributed by atoms with Crippen molar-refractivity contribution < 1.29 is 17.5 Å². The quantitative estimate of drug-likeness (QED) is 0.657. The molecule has 0 saturated carbocycles. The molecule has 21 heavy (non-hydrogen) atoms. The van der Waals surface area contributed by atoms with Crippen molar-refractivity contribution in [3.05, 3.63) is 28.0 Å².